The number of aliphatic hydroxyl groups is 1. The van der Waals surface area contributed by atoms with Crippen LogP contribution in [0.3, 0.4) is 0 Å². The maximum atomic E-state index is 13.1. The largest absolute Gasteiger partial charge is 0.480 e. The molecule has 0 rings (SSSR count). The van der Waals surface area contributed by atoms with Crippen LogP contribution in [0.4, 0.5) is 0 Å². The van der Waals surface area contributed by atoms with Crippen molar-refractivity contribution in [3.63, 3.8) is 0 Å². The normalized spacial score (nSPS) is 15.0. The van der Waals surface area contributed by atoms with Crippen LogP contribution in [0.2, 0.25) is 0 Å². The summed E-state index contributed by atoms with van der Waals surface area (Å²) in [6.45, 7) is 1.81. The van der Waals surface area contributed by atoms with E-state index in [2.05, 4.69) is 20.9 Å². The topological polar surface area (TPSA) is 261 Å². The van der Waals surface area contributed by atoms with Crippen LogP contribution in [-0.4, -0.2) is 95.2 Å². The Hall–Kier alpha value is -2.62. The van der Waals surface area contributed by atoms with Crippen molar-refractivity contribution in [2.24, 2.45) is 27.9 Å². The van der Waals surface area contributed by atoms with Crippen molar-refractivity contribution in [3.8, 4) is 0 Å². The van der Waals surface area contributed by atoms with E-state index >= 15 is 0 Å². The first-order chi connectivity index (χ1) is 16.9. The predicted octanol–water partition coefficient (Wildman–Crippen LogP) is -2.83. The minimum atomic E-state index is -1.56. The molecule has 0 spiro atoms. The second-order valence-electron chi connectivity index (χ2n) is 8.31. The van der Waals surface area contributed by atoms with Crippen molar-refractivity contribution >= 4 is 41.4 Å². The molecule has 15 heteroatoms. The molecule has 0 aliphatic carbocycles. The number of hydrogen-bond acceptors (Lipinski definition) is 9. The van der Waals surface area contributed by atoms with Crippen molar-refractivity contribution < 1.29 is 29.4 Å². The zero-order chi connectivity index (χ0) is 27.7. The molecule has 0 fully saturated rings. The standard InChI is InChI=1S/C21H42N8O6S/c1-12(30)16(20(34)35)29-19(33)14(6-3-4-9-22)28-18(32)15(7-5-10-26-21(24)25)27-17(31)13(23)8-11-36-2/h12-16,30H,3-11,22-23H2,1-2H3,(H,27,31)(H,28,32)(H,29,33)(H,34,35)(H4,24,25,26). The first-order valence-electron chi connectivity index (χ1n) is 11.8. The number of unbranched alkanes of at least 4 members (excludes halogenated alkanes) is 1. The van der Waals surface area contributed by atoms with Gasteiger partial charge in [-0.15, -0.1) is 0 Å². The summed E-state index contributed by atoms with van der Waals surface area (Å²) >= 11 is 1.53. The highest BCUT2D eigenvalue weighted by Gasteiger charge is 2.31. The zero-order valence-corrected chi connectivity index (χ0v) is 21.8. The van der Waals surface area contributed by atoms with Gasteiger partial charge in [0.2, 0.25) is 17.7 Å². The van der Waals surface area contributed by atoms with E-state index in [4.69, 9.17) is 22.9 Å². The fraction of sp³-hybridized carbons (Fsp3) is 0.762. The molecule has 0 saturated heterocycles. The van der Waals surface area contributed by atoms with Gasteiger partial charge in [-0.05, 0) is 64.0 Å². The number of nitrogens with two attached hydrogens (primary N) is 4. The molecule has 5 atom stereocenters. The molecule has 208 valence electrons. The molecule has 5 unspecified atom stereocenters. The molecule has 0 aliphatic heterocycles. The number of carboxylic acid groups (broad SMARTS) is 1. The van der Waals surface area contributed by atoms with Crippen molar-refractivity contribution in [2.45, 2.75) is 75.7 Å². The minimum absolute atomic E-state index is 0.109. The molecule has 0 bridgehead atoms. The first-order valence-corrected chi connectivity index (χ1v) is 13.2. The lowest BCUT2D eigenvalue weighted by molar-refractivity contribution is -0.145. The summed E-state index contributed by atoms with van der Waals surface area (Å²) in [4.78, 5) is 53.7. The summed E-state index contributed by atoms with van der Waals surface area (Å²) < 4.78 is 0. The summed E-state index contributed by atoms with van der Waals surface area (Å²) in [6, 6.07) is -4.54. The van der Waals surface area contributed by atoms with Crippen molar-refractivity contribution in [3.05, 3.63) is 0 Å². The summed E-state index contributed by atoms with van der Waals surface area (Å²) in [5, 5.41) is 26.4. The van der Waals surface area contributed by atoms with Crippen LogP contribution in [-0.2, 0) is 19.2 Å². The Kier molecular flexibility index (Phi) is 17.3. The molecule has 0 heterocycles. The zero-order valence-electron chi connectivity index (χ0n) is 20.9. The number of aliphatic imine (C=N–C) groups is 1. The number of carbonyl (C=O) groups excluding carboxylic acids is 3. The lowest BCUT2D eigenvalue weighted by Gasteiger charge is -2.26. The van der Waals surface area contributed by atoms with E-state index in [-0.39, 0.29) is 25.3 Å². The van der Waals surface area contributed by atoms with E-state index in [0.717, 1.165) is 0 Å². The van der Waals surface area contributed by atoms with Crippen molar-refractivity contribution in [2.75, 3.05) is 25.1 Å². The Labute approximate surface area is 215 Å². The average molecular weight is 535 g/mol. The third-order valence-electron chi connectivity index (χ3n) is 5.17. The highest BCUT2D eigenvalue weighted by molar-refractivity contribution is 7.98. The third kappa shape index (κ3) is 14.1. The maximum Gasteiger partial charge on any atom is 0.328 e. The quantitative estimate of drug-likeness (QED) is 0.0463. The van der Waals surface area contributed by atoms with Crippen molar-refractivity contribution in [1.29, 1.82) is 0 Å². The van der Waals surface area contributed by atoms with Gasteiger partial charge in [-0.25, -0.2) is 4.79 Å². The number of aliphatic carboxylic acids is 1. The third-order valence-corrected chi connectivity index (χ3v) is 5.82. The Balaban J connectivity index is 5.58. The fourth-order valence-electron chi connectivity index (χ4n) is 3.10. The van der Waals surface area contributed by atoms with Gasteiger partial charge in [-0.1, -0.05) is 0 Å². The number of carboxylic acids is 1. The van der Waals surface area contributed by atoms with Gasteiger partial charge in [0.15, 0.2) is 12.0 Å². The monoisotopic (exact) mass is 534 g/mol. The molecule has 0 radical (unpaired) electrons. The Morgan fingerprint density at radius 1 is 0.917 bits per heavy atom. The molecule has 0 saturated carbocycles. The number of nitrogens with one attached hydrogen (secondary N) is 3. The van der Waals surface area contributed by atoms with Gasteiger partial charge < -0.3 is 49.1 Å². The second-order valence-corrected chi connectivity index (χ2v) is 9.29. The summed E-state index contributed by atoms with van der Waals surface area (Å²) in [7, 11) is 0. The Bertz CT molecular complexity index is 735. The van der Waals surface area contributed by atoms with Crippen LogP contribution in [0.5, 0.6) is 0 Å². The van der Waals surface area contributed by atoms with E-state index in [1.165, 1.54) is 18.7 Å². The smallest absolute Gasteiger partial charge is 0.328 e. The minimum Gasteiger partial charge on any atom is -0.480 e. The van der Waals surface area contributed by atoms with Crippen LogP contribution >= 0.6 is 11.8 Å². The SMILES string of the molecule is CSCCC(N)C(=O)NC(CCCN=C(N)N)C(=O)NC(CCCCN)C(=O)NC(C(=O)O)C(C)O. The van der Waals surface area contributed by atoms with Gasteiger partial charge in [-0.3, -0.25) is 19.4 Å². The highest BCUT2D eigenvalue weighted by Crippen LogP contribution is 2.07. The van der Waals surface area contributed by atoms with E-state index in [1.807, 2.05) is 6.26 Å². The number of amides is 3. The lowest BCUT2D eigenvalue weighted by Crippen LogP contribution is -2.58. The lowest BCUT2D eigenvalue weighted by atomic mass is 10.0. The summed E-state index contributed by atoms with van der Waals surface area (Å²) in [5.74, 6) is -2.82. The van der Waals surface area contributed by atoms with Crippen LogP contribution in [0, 0.1) is 0 Å². The number of thioether (sulfide) groups is 1. The van der Waals surface area contributed by atoms with E-state index in [0.29, 0.717) is 38.0 Å². The molecular formula is C21H42N8O6S. The van der Waals surface area contributed by atoms with Gasteiger partial charge in [-0.2, -0.15) is 11.8 Å². The highest BCUT2D eigenvalue weighted by atomic mass is 32.2. The maximum absolute atomic E-state index is 13.1. The molecule has 13 N–H and O–H groups in total. The number of nitrogens with zero attached hydrogens (tertiary/aromatic N) is 1. The van der Waals surface area contributed by atoms with Gasteiger partial charge in [0.25, 0.3) is 0 Å². The van der Waals surface area contributed by atoms with Gasteiger partial charge in [0.1, 0.15) is 12.1 Å². The number of carbonyl (C=O) groups is 4. The molecule has 0 aliphatic rings. The fourth-order valence-corrected chi connectivity index (χ4v) is 3.59. The summed E-state index contributed by atoms with van der Waals surface area (Å²) in [6.07, 6.45) is 2.65. The van der Waals surface area contributed by atoms with Gasteiger partial charge in [0.05, 0.1) is 12.1 Å². The van der Waals surface area contributed by atoms with Gasteiger partial charge in [0, 0.05) is 6.54 Å². The van der Waals surface area contributed by atoms with E-state index in [1.54, 1.807) is 0 Å². The molecule has 3 amide bonds. The summed E-state index contributed by atoms with van der Waals surface area (Å²) in [5.41, 5.74) is 22.1. The van der Waals surface area contributed by atoms with Gasteiger partial charge >= 0.3 is 5.97 Å². The van der Waals surface area contributed by atoms with Crippen LogP contribution < -0.4 is 38.9 Å². The predicted molar refractivity (Wildman–Crippen MR) is 139 cm³/mol. The Morgan fingerprint density at radius 3 is 1.97 bits per heavy atom. The second kappa shape index (κ2) is 18.6. The van der Waals surface area contributed by atoms with E-state index in [9.17, 15) is 29.4 Å². The molecule has 0 aromatic carbocycles. The molecular weight excluding hydrogens is 492 g/mol. The first kappa shape index (κ1) is 33.4. The molecule has 36 heavy (non-hydrogen) atoms. The average Bonchev–Trinajstić information content (AvgIpc) is 2.81. The van der Waals surface area contributed by atoms with Crippen molar-refractivity contribution in [1.82, 2.24) is 16.0 Å². The number of hydrogen-bond donors (Lipinski definition) is 9. The van der Waals surface area contributed by atoms with Crippen LogP contribution in [0.25, 0.3) is 0 Å². The molecule has 0 aromatic heterocycles. The van der Waals surface area contributed by atoms with Crippen LogP contribution in [0.15, 0.2) is 4.99 Å². The molecule has 0 aromatic rings. The number of aliphatic hydroxyl groups excluding tert-OH is 1. The number of rotatable bonds is 19. The molecule has 14 nitrogen and oxygen atoms in total. The van der Waals surface area contributed by atoms with E-state index < -0.39 is 54.0 Å². The number of guanidine groups is 1. The van der Waals surface area contributed by atoms with Crippen LogP contribution in [0.1, 0.15) is 45.4 Å². The Morgan fingerprint density at radius 2 is 1.47 bits per heavy atom.